The molecule has 0 unspecified atom stereocenters. The number of carbonyl (C=O) groups excluding carboxylic acids is 1. The van der Waals surface area contributed by atoms with Crippen LogP contribution in [0.3, 0.4) is 0 Å². The fourth-order valence-electron chi connectivity index (χ4n) is 1.49. The van der Waals surface area contributed by atoms with E-state index in [1.807, 2.05) is 0 Å². The summed E-state index contributed by atoms with van der Waals surface area (Å²) in [6, 6.07) is 5.83. The van der Waals surface area contributed by atoms with Gasteiger partial charge in [0.05, 0.1) is 4.92 Å². The predicted molar refractivity (Wildman–Crippen MR) is 74.3 cm³/mol. The van der Waals surface area contributed by atoms with Gasteiger partial charge in [0, 0.05) is 17.8 Å². The molecule has 0 spiro atoms. The monoisotopic (exact) mass is 295 g/mol. The summed E-state index contributed by atoms with van der Waals surface area (Å²) in [5, 5.41) is 20.2. The summed E-state index contributed by atoms with van der Waals surface area (Å²) in [7, 11) is 1.48. The largest absolute Gasteiger partial charge is 0.366 e. The van der Waals surface area contributed by atoms with Crippen molar-refractivity contribution >= 4 is 34.8 Å². The molecular weight excluding hydrogens is 286 g/mol. The molecule has 0 aliphatic heterocycles. The fraction of sp³-hybridized carbons (Fsp3) is 0.0909. The number of rotatable bonds is 3. The molecule has 0 atom stereocenters. The summed E-state index contributed by atoms with van der Waals surface area (Å²) in [4.78, 5) is 22.1. The van der Waals surface area contributed by atoms with Gasteiger partial charge in [-0.3, -0.25) is 10.1 Å². The Hall–Kier alpha value is -2.61. The second kappa shape index (κ2) is 5.57. The minimum atomic E-state index is -0.620. The molecule has 0 saturated heterocycles. The van der Waals surface area contributed by atoms with Gasteiger partial charge >= 0.3 is 11.7 Å². The molecule has 1 aromatic heterocycles. The number of hydrogen-bond donors (Lipinski definition) is 2. The average Bonchev–Trinajstić information content (AvgIpc) is 2.86. The third-order valence-corrected chi connectivity index (χ3v) is 2.68. The van der Waals surface area contributed by atoms with Crippen LogP contribution in [0, 0.1) is 10.1 Å². The Morgan fingerprint density at radius 1 is 1.40 bits per heavy atom. The van der Waals surface area contributed by atoms with Gasteiger partial charge in [-0.25, -0.2) is 4.79 Å². The smallest absolute Gasteiger partial charge is 0.346 e. The van der Waals surface area contributed by atoms with Crippen LogP contribution in [0.2, 0.25) is 5.02 Å². The van der Waals surface area contributed by atoms with Crippen LogP contribution >= 0.6 is 11.6 Å². The van der Waals surface area contributed by atoms with Crippen LogP contribution in [0.25, 0.3) is 0 Å². The van der Waals surface area contributed by atoms with E-state index in [0.717, 1.165) is 10.9 Å². The summed E-state index contributed by atoms with van der Waals surface area (Å²) >= 11 is 5.73. The summed E-state index contributed by atoms with van der Waals surface area (Å²) < 4.78 is 0.860. The Bertz CT molecular complexity index is 653. The molecule has 0 fully saturated rings. The molecule has 1 heterocycles. The molecular formula is C11H10ClN5O3. The Morgan fingerprint density at radius 2 is 2.05 bits per heavy atom. The van der Waals surface area contributed by atoms with E-state index in [4.69, 9.17) is 11.6 Å². The summed E-state index contributed by atoms with van der Waals surface area (Å²) in [6.07, 6.45) is 1.04. The molecule has 20 heavy (non-hydrogen) atoms. The summed E-state index contributed by atoms with van der Waals surface area (Å²) in [6.45, 7) is 0. The standard InChI is InChI=1S/C11H10ClN5O3/c1-13-10-9(17(19)20)6-16(15-10)11(18)14-8-4-2-7(12)3-5-8/h2-6H,1H3,(H,13,15)(H,14,18). The maximum absolute atomic E-state index is 11.9. The topological polar surface area (TPSA) is 102 Å². The third-order valence-electron chi connectivity index (χ3n) is 2.43. The van der Waals surface area contributed by atoms with E-state index in [-0.39, 0.29) is 11.5 Å². The molecule has 0 bridgehead atoms. The number of hydrogen-bond acceptors (Lipinski definition) is 5. The lowest BCUT2D eigenvalue weighted by atomic mass is 10.3. The van der Waals surface area contributed by atoms with E-state index in [1.165, 1.54) is 7.05 Å². The first kappa shape index (κ1) is 13.8. The van der Waals surface area contributed by atoms with Crippen molar-refractivity contribution in [1.29, 1.82) is 0 Å². The van der Waals surface area contributed by atoms with Crippen molar-refractivity contribution in [2.24, 2.45) is 0 Å². The lowest BCUT2D eigenvalue weighted by Crippen LogP contribution is -2.19. The highest BCUT2D eigenvalue weighted by molar-refractivity contribution is 6.30. The van der Waals surface area contributed by atoms with Crippen LogP contribution in [0.15, 0.2) is 30.5 Å². The van der Waals surface area contributed by atoms with Crippen molar-refractivity contribution in [2.75, 3.05) is 17.7 Å². The SMILES string of the molecule is CNc1nn(C(=O)Nc2ccc(Cl)cc2)cc1[N+](=O)[O-]. The fourth-order valence-corrected chi connectivity index (χ4v) is 1.62. The van der Waals surface area contributed by atoms with E-state index in [0.29, 0.717) is 10.7 Å². The summed E-state index contributed by atoms with van der Waals surface area (Å²) in [5.74, 6) is 0.0151. The van der Waals surface area contributed by atoms with Crippen LogP contribution in [0.4, 0.5) is 22.0 Å². The van der Waals surface area contributed by atoms with Gasteiger partial charge in [-0.15, -0.1) is 5.10 Å². The van der Waals surface area contributed by atoms with E-state index >= 15 is 0 Å². The van der Waals surface area contributed by atoms with Crippen LogP contribution in [-0.4, -0.2) is 27.8 Å². The first-order valence-corrected chi connectivity index (χ1v) is 5.88. The number of nitro groups is 1. The second-order valence-electron chi connectivity index (χ2n) is 3.75. The lowest BCUT2D eigenvalue weighted by molar-refractivity contribution is -0.384. The molecule has 2 N–H and O–H groups in total. The van der Waals surface area contributed by atoms with E-state index in [9.17, 15) is 14.9 Å². The van der Waals surface area contributed by atoms with Gasteiger partial charge < -0.3 is 10.6 Å². The Labute approximate surface area is 118 Å². The molecule has 1 aromatic carbocycles. The molecule has 1 amide bonds. The minimum Gasteiger partial charge on any atom is -0.366 e. The predicted octanol–water partition coefficient (Wildman–Crippen LogP) is 2.57. The highest BCUT2D eigenvalue weighted by Gasteiger charge is 2.21. The van der Waals surface area contributed by atoms with Gasteiger partial charge in [0.25, 0.3) is 0 Å². The van der Waals surface area contributed by atoms with E-state index in [2.05, 4.69) is 15.7 Å². The Balaban J connectivity index is 2.21. The van der Waals surface area contributed by atoms with Gasteiger partial charge in [0.2, 0.25) is 5.82 Å². The Kier molecular flexibility index (Phi) is 3.85. The maximum atomic E-state index is 11.9. The van der Waals surface area contributed by atoms with E-state index < -0.39 is 11.0 Å². The number of benzene rings is 1. The number of nitrogens with one attached hydrogen (secondary N) is 2. The Morgan fingerprint density at radius 3 is 2.55 bits per heavy atom. The number of aromatic nitrogens is 2. The first-order chi connectivity index (χ1) is 9.51. The maximum Gasteiger partial charge on any atom is 0.346 e. The van der Waals surface area contributed by atoms with Crippen molar-refractivity contribution in [1.82, 2.24) is 9.78 Å². The number of halogens is 1. The van der Waals surface area contributed by atoms with Crippen molar-refractivity contribution in [3.8, 4) is 0 Å². The number of nitrogens with zero attached hydrogens (tertiary/aromatic N) is 3. The normalized spacial score (nSPS) is 10.1. The molecule has 9 heteroatoms. The number of amides is 1. The van der Waals surface area contributed by atoms with Gasteiger partial charge in [0.15, 0.2) is 0 Å². The van der Waals surface area contributed by atoms with Gasteiger partial charge in [-0.1, -0.05) is 11.6 Å². The number of anilines is 2. The minimum absolute atomic E-state index is 0.0151. The third kappa shape index (κ3) is 2.86. The molecule has 2 aromatic rings. The second-order valence-corrected chi connectivity index (χ2v) is 4.19. The van der Waals surface area contributed by atoms with Gasteiger partial charge in [-0.2, -0.15) is 4.68 Å². The van der Waals surface area contributed by atoms with Crippen LogP contribution in [-0.2, 0) is 0 Å². The van der Waals surface area contributed by atoms with Crippen LogP contribution in [0.5, 0.6) is 0 Å². The zero-order valence-corrected chi connectivity index (χ0v) is 11.1. The quantitative estimate of drug-likeness (QED) is 0.669. The van der Waals surface area contributed by atoms with Crippen molar-refractivity contribution < 1.29 is 9.72 Å². The van der Waals surface area contributed by atoms with Gasteiger partial charge in [0.1, 0.15) is 6.20 Å². The lowest BCUT2D eigenvalue weighted by Gasteiger charge is -2.04. The van der Waals surface area contributed by atoms with Crippen molar-refractivity contribution in [3.63, 3.8) is 0 Å². The molecule has 2 rings (SSSR count). The highest BCUT2D eigenvalue weighted by Crippen LogP contribution is 2.21. The molecule has 0 aliphatic rings. The first-order valence-electron chi connectivity index (χ1n) is 5.50. The molecule has 104 valence electrons. The molecule has 0 aliphatic carbocycles. The van der Waals surface area contributed by atoms with E-state index in [1.54, 1.807) is 24.3 Å². The highest BCUT2D eigenvalue weighted by atomic mass is 35.5. The average molecular weight is 296 g/mol. The zero-order chi connectivity index (χ0) is 14.7. The molecule has 0 radical (unpaired) electrons. The molecule has 8 nitrogen and oxygen atoms in total. The van der Waals surface area contributed by atoms with Gasteiger partial charge in [-0.05, 0) is 24.3 Å². The van der Waals surface area contributed by atoms with Crippen molar-refractivity contribution in [3.05, 3.63) is 45.6 Å². The number of carbonyl (C=O) groups is 1. The zero-order valence-electron chi connectivity index (χ0n) is 10.3. The molecule has 0 saturated carbocycles. The van der Waals surface area contributed by atoms with Crippen LogP contribution < -0.4 is 10.6 Å². The summed E-state index contributed by atoms with van der Waals surface area (Å²) in [5.41, 5.74) is 0.224. The van der Waals surface area contributed by atoms with Crippen molar-refractivity contribution in [2.45, 2.75) is 0 Å². The van der Waals surface area contributed by atoms with Crippen LogP contribution in [0.1, 0.15) is 0 Å².